The summed E-state index contributed by atoms with van der Waals surface area (Å²) in [4.78, 5) is 16.7. The van der Waals surface area contributed by atoms with Crippen molar-refractivity contribution >= 4 is 51.2 Å². The van der Waals surface area contributed by atoms with E-state index in [1.165, 1.54) is 12.1 Å². The molecule has 0 saturated carbocycles. The van der Waals surface area contributed by atoms with Gasteiger partial charge >= 0.3 is 0 Å². The molecule has 0 fully saturated rings. The Balaban J connectivity index is 1.98. The van der Waals surface area contributed by atoms with E-state index in [2.05, 4.69) is 10.3 Å². The van der Waals surface area contributed by atoms with Crippen molar-refractivity contribution in [1.82, 2.24) is 10.3 Å². The molecule has 0 amide bonds. The second-order valence-corrected chi connectivity index (χ2v) is 6.29. The molecule has 0 aliphatic carbocycles. The van der Waals surface area contributed by atoms with Crippen LogP contribution in [0.3, 0.4) is 0 Å². The van der Waals surface area contributed by atoms with E-state index in [0.717, 1.165) is 22.2 Å². The molecule has 2 aromatic carbocycles. The third-order valence-corrected chi connectivity index (χ3v) is 4.66. The van der Waals surface area contributed by atoms with Crippen LogP contribution in [0.1, 0.15) is 5.56 Å². The van der Waals surface area contributed by atoms with Crippen LogP contribution < -0.4 is 10.2 Å². The highest BCUT2D eigenvalue weighted by molar-refractivity contribution is 7.80. The number of aromatic nitrogens is 1. The maximum absolute atomic E-state index is 10.9. The molecule has 0 unspecified atom stereocenters. The first-order chi connectivity index (χ1) is 12.5. The summed E-state index contributed by atoms with van der Waals surface area (Å²) in [6.07, 6.45) is 0. The zero-order chi connectivity index (χ0) is 18.7. The Bertz CT molecular complexity index is 979. The molecule has 3 aromatic rings. The highest BCUT2D eigenvalue weighted by Crippen LogP contribution is 2.26. The third kappa shape index (κ3) is 3.74. The number of para-hydroxylation sites is 1. The van der Waals surface area contributed by atoms with Gasteiger partial charge in [0.05, 0.1) is 17.0 Å². The van der Waals surface area contributed by atoms with E-state index in [9.17, 15) is 10.1 Å². The van der Waals surface area contributed by atoms with Gasteiger partial charge in [-0.15, -0.1) is 0 Å². The van der Waals surface area contributed by atoms with Crippen LogP contribution in [-0.4, -0.2) is 22.1 Å². The third-order valence-electron chi connectivity index (χ3n) is 3.91. The van der Waals surface area contributed by atoms with Gasteiger partial charge in [0, 0.05) is 35.8 Å². The van der Waals surface area contributed by atoms with Crippen molar-refractivity contribution in [1.29, 1.82) is 0 Å². The van der Waals surface area contributed by atoms with Crippen LogP contribution >= 0.6 is 23.8 Å². The molecule has 0 aliphatic heterocycles. The fraction of sp³-hybridized carbons (Fsp3) is 0.111. The van der Waals surface area contributed by atoms with Crippen molar-refractivity contribution in [2.75, 3.05) is 11.9 Å². The molecule has 0 saturated heterocycles. The van der Waals surface area contributed by atoms with Crippen molar-refractivity contribution in [2.24, 2.45) is 0 Å². The summed E-state index contributed by atoms with van der Waals surface area (Å²) < 4.78 is 0. The fourth-order valence-electron chi connectivity index (χ4n) is 2.59. The molecule has 0 atom stereocenters. The Morgan fingerprint density at radius 2 is 1.96 bits per heavy atom. The molecule has 0 radical (unpaired) electrons. The number of hydrogen-bond acceptors (Lipinski definition) is 4. The number of rotatable bonds is 4. The summed E-state index contributed by atoms with van der Waals surface area (Å²) in [5.74, 6) is 0. The first kappa shape index (κ1) is 18.0. The number of nitrogens with one attached hydrogen (secondary N) is 1. The normalized spacial score (nSPS) is 10.5. The standard InChI is InChI=1S/C18H15ClN4O2S/c1-20-18(26)22(14-6-8-15(9-7-14)23(24)25)11-13-10-12-4-2-3-5-16(12)21-17(13)19/h2-10H,11H2,1H3,(H,20,26). The summed E-state index contributed by atoms with van der Waals surface area (Å²) in [7, 11) is 1.72. The minimum Gasteiger partial charge on any atom is -0.365 e. The number of nitrogens with zero attached hydrogens (tertiary/aromatic N) is 3. The lowest BCUT2D eigenvalue weighted by Crippen LogP contribution is -2.37. The Labute approximate surface area is 160 Å². The number of thiocarbonyl (C=S) groups is 1. The molecule has 1 aromatic heterocycles. The largest absolute Gasteiger partial charge is 0.365 e. The number of anilines is 1. The molecule has 8 heteroatoms. The van der Waals surface area contributed by atoms with Crippen LogP contribution in [-0.2, 0) is 6.54 Å². The average Bonchev–Trinajstić information content (AvgIpc) is 2.65. The summed E-state index contributed by atoms with van der Waals surface area (Å²) in [5, 5.41) is 15.6. The number of hydrogen-bond donors (Lipinski definition) is 1. The van der Waals surface area contributed by atoms with E-state index in [-0.39, 0.29) is 5.69 Å². The number of non-ortho nitro benzene ring substituents is 1. The molecule has 1 heterocycles. The minimum atomic E-state index is -0.436. The number of benzene rings is 2. The van der Waals surface area contributed by atoms with E-state index in [0.29, 0.717) is 16.8 Å². The molecular formula is C18H15ClN4O2S. The Kier molecular flexibility index (Phi) is 5.29. The van der Waals surface area contributed by atoms with Crippen molar-refractivity contribution in [3.63, 3.8) is 0 Å². The highest BCUT2D eigenvalue weighted by atomic mass is 35.5. The van der Waals surface area contributed by atoms with Gasteiger partial charge in [-0.3, -0.25) is 10.1 Å². The predicted octanol–water partition coefficient (Wildman–Crippen LogP) is 4.31. The van der Waals surface area contributed by atoms with Crippen LogP contribution in [0.5, 0.6) is 0 Å². The smallest absolute Gasteiger partial charge is 0.269 e. The second kappa shape index (κ2) is 7.63. The van der Waals surface area contributed by atoms with Crippen LogP contribution in [0, 0.1) is 10.1 Å². The van der Waals surface area contributed by atoms with Gasteiger partial charge in [-0.25, -0.2) is 4.98 Å². The first-order valence-electron chi connectivity index (χ1n) is 7.77. The molecule has 0 aliphatic rings. The number of fused-ring (bicyclic) bond motifs is 1. The van der Waals surface area contributed by atoms with Gasteiger partial charge in [0.15, 0.2) is 5.11 Å². The van der Waals surface area contributed by atoms with Gasteiger partial charge in [0.25, 0.3) is 5.69 Å². The molecule has 0 spiro atoms. The number of pyridine rings is 1. The quantitative estimate of drug-likeness (QED) is 0.312. The molecule has 26 heavy (non-hydrogen) atoms. The maximum atomic E-state index is 10.9. The van der Waals surface area contributed by atoms with E-state index in [4.69, 9.17) is 23.8 Å². The summed E-state index contributed by atoms with van der Waals surface area (Å²) in [6, 6.07) is 15.9. The molecule has 0 bridgehead atoms. The zero-order valence-corrected chi connectivity index (χ0v) is 15.4. The lowest BCUT2D eigenvalue weighted by molar-refractivity contribution is -0.384. The van der Waals surface area contributed by atoms with Gasteiger partial charge in [-0.1, -0.05) is 29.8 Å². The van der Waals surface area contributed by atoms with Gasteiger partial charge in [-0.05, 0) is 36.5 Å². The van der Waals surface area contributed by atoms with E-state index >= 15 is 0 Å². The number of nitro benzene ring substituents is 1. The Morgan fingerprint density at radius 1 is 1.27 bits per heavy atom. The van der Waals surface area contributed by atoms with Crippen LogP contribution in [0.25, 0.3) is 10.9 Å². The van der Waals surface area contributed by atoms with Crippen LogP contribution in [0.4, 0.5) is 11.4 Å². The van der Waals surface area contributed by atoms with Gasteiger partial charge in [0.2, 0.25) is 0 Å². The van der Waals surface area contributed by atoms with Crippen molar-refractivity contribution < 1.29 is 4.92 Å². The van der Waals surface area contributed by atoms with Gasteiger partial charge < -0.3 is 10.2 Å². The monoisotopic (exact) mass is 386 g/mol. The van der Waals surface area contributed by atoms with Gasteiger partial charge in [-0.2, -0.15) is 0 Å². The topological polar surface area (TPSA) is 71.3 Å². The van der Waals surface area contributed by atoms with E-state index in [1.54, 1.807) is 19.2 Å². The summed E-state index contributed by atoms with van der Waals surface area (Å²) >= 11 is 11.8. The Morgan fingerprint density at radius 3 is 2.62 bits per heavy atom. The molecule has 6 nitrogen and oxygen atoms in total. The fourth-order valence-corrected chi connectivity index (χ4v) is 2.96. The lowest BCUT2D eigenvalue weighted by Gasteiger charge is -2.25. The first-order valence-corrected chi connectivity index (χ1v) is 8.56. The molecular weight excluding hydrogens is 372 g/mol. The van der Waals surface area contributed by atoms with E-state index < -0.39 is 4.92 Å². The number of halogens is 1. The molecule has 1 N–H and O–H groups in total. The summed E-state index contributed by atoms with van der Waals surface area (Å²) in [5.41, 5.74) is 2.37. The van der Waals surface area contributed by atoms with Crippen molar-refractivity contribution in [3.05, 3.63) is 75.4 Å². The average molecular weight is 387 g/mol. The van der Waals surface area contributed by atoms with Crippen molar-refractivity contribution in [2.45, 2.75) is 6.54 Å². The van der Waals surface area contributed by atoms with Crippen molar-refractivity contribution in [3.8, 4) is 0 Å². The van der Waals surface area contributed by atoms with Crippen LogP contribution in [0.15, 0.2) is 54.6 Å². The lowest BCUT2D eigenvalue weighted by atomic mass is 10.1. The SMILES string of the molecule is CNC(=S)N(Cc1cc2ccccc2nc1Cl)c1ccc([N+](=O)[O-])cc1. The molecule has 3 rings (SSSR count). The minimum absolute atomic E-state index is 0.0227. The second-order valence-electron chi connectivity index (χ2n) is 5.55. The molecule has 132 valence electrons. The predicted molar refractivity (Wildman–Crippen MR) is 108 cm³/mol. The van der Waals surface area contributed by atoms with E-state index in [1.807, 2.05) is 35.2 Å². The maximum Gasteiger partial charge on any atom is 0.269 e. The zero-order valence-electron chi connectivity index (χ0n) is 13.8. The summed E-state index contributed by atoms with van der Waals surface area (Å²) in [6.45, 7) is 0.383. The van der Waals surface area contributed by atoms with Crippen LogP contribution in [0.2, 0.25) is 5.15 Å². The number of nitro groups is 1. The highest BCUT2D eigenvalue weighted by Gasteiger charge is 2.16. The Hall–Kier alpha value is -2.77. The van der Waals surface area contributed by atoms with Gasteiger partial charge in [0.1, 0.15) is 5.15 Å².